The Morgan fingerprint density at radius 2 is 1.95 bits per heavy atom. The first kappa shape index (κ1) is 16.1. The Balaban J connectivity index is 2.03. The second-order valence-corrected chi connectivity index (χ2v) is 5.27. The van der Waals surface area contributed by atoms with Gasteiger partial charge in [-0.2, -0.15) is 0 Å². The van der Waals surface area contributed by atoms with Gasteiger partial charge in [-0.25, -0.2) is 0 Å². The minimum absolute atomic E-state index is 0.295. The number of rotatable bonds is 8. The summed E-state index contributed by atoms with van der Waals surface area (Å²) in [5, 5.41) is 3.52. The normalized spacial score (nSPS) is 15.5. The molecule has 0 aliphatic carbocycles. The van der Waals surface area contributed by atoms with Gasteiger partial charge < -0.3 is 19.5 Å². The Morgan fingerprint density at radius 1 is 1.14 bits per heavy atom. The van der Waals surface area contributed by atoms with Gasteiger partial charge in [-0.3, -0.25) is 0 Å². The van der Waals surface area contributed by atoms with Crippen molar-refractivity contribution in [1.29, 1.82) is 0 Å². The lowest BCUT2D eigenvalue weighted by atomic mass is 10.0. The van der Waals surface area contributed by atoms with Crippen LogP contribution in [-0.4, -0.2) is 33.0 Å². The lowest BCUT2D eigenvalue weighted by Crippen LogP contribution is -2.22. The lowest BCUT2D eigenvalue weighted by molar-refractivity contribution is 0.124. The van der Waals surface area contributed by atoms with Gasteiger partial charge in [0.2, 0.25) is 0 Å². The summed E-state index contributed by atoms with van der Waals surface area (Å²) in [5.74, 6) is 1.72. The van der Waals surface area contributed by atoms with Crippen molar-refractivity contribution in [3.05, 3.63) is 23.8 Å². The van der Waals surface area contributed by atoms with Crippen molar-refractivity contribution in [1.82, 2.24) is 5.32 Å². The van der Waals surface area contributed by atoms with Crippen molar-refractivity contribution < 1.29 is 14.2 Å². The molecule has 1 unspecified atom stereocenters. The molecule has 0 saturated carbocycles. The van der Waals surface area contributed by atoms with E-state index < -0.39 is 0 Å². The number of benzene rings is 1. The Labute approximate surface area is 127 Å². The molecule has 1 heterocycles. The second-order valence-electron chi connectivity index (χ2n) is 5.27. The van der Waals surface area contributed by atoms with E-state index >= 15 is 0 Å². The fraction of sp³-hybridized carbons (Fsp3) is 0.647. The number of hydrogen-bond donors (Lipinski definition) is 1. The highest BCUT2D eigenvalue weighted by atomic mass is 16.5. The van der Waals surface area contributed by atoms with Crippen molar-refractivity contribution >= 4 is 0 Å². The molecule has 0 saturated heterocycles. The fourth-order valence-electron chi connectivity index (χ4n) is 2.48. The molecule has 4 heteroatoms. The second kappa shape index (κ2) is 8.90. The first-order valence-corrected chi connectivity index (χ1v) is 8.05. The molecule has 4 nitrogen and oxygen atoms in total. The highest BCUT2D eigenvalue weighted by Gasteiger charge is 2.15. The maximum atomic E-state index is 5.78. The molecule has 118 valence electrons. The zero-order valence-corrected chi connectivity index (χ0v) is 13.2. The van der Waals surface area contributed by atoms with E-state index in [1.165, 1.54) is 5.56 Å². The first-order chi connectivity index (χ1) is 10.3. The highest BCUT2D eigenvalue weighted by Crippen LogP contribution is 2.33. The van der Waals surface area contributed by atoms with Crippen LogP contribution in [-0.2, 0) is 4.74 Å². The summed E-state index contributed by atoms with van der Waals surface area (Å²) in [5.41, 5.74) is 1.24. The summed E-state index contributed by atoms with van der Waals surface area (Å²) in [4.78, 5) is 0. The number of hydrogen-bond acceptors (Lipinski definition) is 4. The zero-order chi connectivity index (χ0) is 14.9. The van der Waals surface area contributed by atoms with E-state index in [2.05, 4.69) is 31.3 Å². The molecule has 1 atom stereocenters. The monoisotopic (exact) mass is 293 g/mol. The Kier molecular flexibility index (Phi) is 6.83. The SMILES string of the molecule is CCCOCCC(NCC)c1ccc2c(c1)OCCCO2. The molecule has 0 fully saturated rings. The molecule has 1 N–H and O–H groups in total. The lowest BCUT2D eigenvalue weighted by Gasteiger charge is -2.20. The Bertz CT molecular complexity index is 422. The molecule has 21 heavy (non-hydrogen) atoms. The summed E-state index contributed by atoms with van der Waals surface area (Å²) >= 11 is 0. The van der Waals surface area contributed by atoms with Crippen molar-refractivity contribution in [3.8, 4) is 11.5 Å². The molecule has 2 rings (SSSR count). The molecule has 0 bridgehead atoms. The molecule has 1 aliphatic heterocycles. The van der Waals surface area contributed by atoms with Gasteiger partial charge in [0.25, 0.3) is 0 Å². The van der Waals surface area contributed by atoms with Crippen LogP contribution in [0.3, 0.4) is 0 Å². The zero-order valence-electron chi connectivity index (χ0n) is 13.2. The maximum absolute atomic E-state index is 5.78. The van der Waals surface area contributed by atoms with Crippen LogP contribution >= 0.6 is 0 Å². The van der Waals surface area contributed by atoms with Gasteiger partial charge in [0.15, 0.2) is 11.5 Å². The quantitative estimate of drug-likeness (QED) is 0.746. The van der Waals surface area contributed by atoms with Gasteiger partial charge in [-0.15, -0.1) is 0 Å². The van der Waals surface area contributed by atoms with Crippen LogP contribution in [0, 0.1) is 0 Å². The van der Waals surface area contributed by atoms with Crippen LogP contribution in [0.25, 0.3) is 0 Å². The molecular formula is C17H27NO3. The van der Waals surface area contributed by atoms with Crippen molar-refractivity contribution in [3.63, 3.8) is 0 Å². The first-order valence-electron chi connectivity index (χ1n) is 8.05. The fourth-order valence-corrected chi connectivity index (χ4v) is 2.48. The van der Waals surface area contributed by atoms with E-state index in [0.29, 0.717) is 6.04 Å². The van der Waals surface area contributed by atoms with E-state index in [1.54, 1.807) is 0 Å². The van der Waals surface area contributed by atoms with Crippen LogP contribution in [0.1, 0.15) is 44.7 Å². The Morgan fingerprint density at radius 3 is 2.71 bits per heavy atom. The third kappa shape index (κ3) is 4.90. The number of nitrogens with one attached hydrogen (secondary N) is 1. The minimum atomic E-state index is 0.295. The topological polar surface area (TPSA) is 39.7 Å². The van der Waals surface area contributed by atoms with Crippen molar-refractivity contribution in [2.75, 3.05) is 33.0 Å². The largest absolute Gasteiger partial charge is 0.490 e. The Hall–Kier alpha value is -1.26. The maximum Gasteiger partial charge on any atom is 0.161 e. The van der Waals surface area contributed by atoms with Gasteiger partial charge in [0, 0.05) is 25.7 Å². The summed E-state index contributed by atoms with van der Waals surface area (Å²) in [6, 6.07) is 6.55. The van der Waals surface area contributed by atoms with Gasteiger partial charge in [0.05, 0.1) is 13.2 Å². The van der Waals surface area contributed by atoms with E-state index in [-0.39, 0.29) is 0 Å². The average Bonchev–Trinajstić information content (AvgIpc) is 2.75. The van der Waals surface area contributed by atoms with E-state index in [4.69, 9.17) is 14.2 Å². The average molecular weight is 293 g/mol. The third-order valence-electron chi connectivity index (χ3n) is 3.52. The molecule has 0 radical (unpaired) electrons. The predicted molar refractivity (Wildman–Crippen MR) is 84.2 cm³/mol. The van der Waals surface area contributed by atoms with Crippen molar-refractivity contribution in [2.45, 2.75) is 39.2 Å². The highest BCUT2D eigenvalue weighted by molar-refractivity contribution is 5.44. The van der Waals surface area contributed by atoms with Gasteiger partial charge >= 0.3 is 0 Å². The van der Waals surface area contributed by atoms with Crippen LogP contribution in [0.15, 0.2) is 18.2 Å². The number of ether oxygens (including phenoxy) is 3. The van der Waals surface area contributed by atoms with Crippen LogP contribution in [0.5, 0.6) is 11.5 Å². The molecule has 0 spiro atoms. The van der Waals surface area contributed by atoms with E-state index in [9.17, 15) is 0 Å². The molecule has 0 amide bonds. The van der Waals surface area contributed by atoms with E-state index in [0.717, 1.165) is 63.7 Å². The predicted octanol–water partition coefficient (Wildman–Crippen LogP) is 3.32. The van der Waals surface area contributed by atoms with Crippen LogP contribution in [0.2, 0.25) is 0 Å². The van der Waals surface area contributed by atoms with Crippen LogP contribution in [0.4, 0.5) is 0 Å². The summed E-state index contributed by atoms with van der Waals surface area (Å²) in [6.07, 6.45) is 2.97. The minimum Gasteiger partial charge on any atom is -0.490 e. The van der Waals surface area contributed by atoms with Gasteiger partial charge in [-0.1, -0.05) is 19.9 Å². The summed E-state index contributed by atoms with van der Waals surface area (Å²) in [7, 11) is 0. The third-order valence-corrected chi connectivity index (χ3v) is 3.52. The van der Waals surface area contributed by atoms with Crippen molar-refractivity contribution in [2.24, 2.45) is 0 Å². The van der Waals surface area contributed by atoms with Crippen LogP contribution < -0.4 is 14.8 Å². The van der Waals surface area contributed by atoms with Gasteiger partial charge in [-0.05, 0) is 37.1 Å². The molecule has 0 aromatic heterocycles. The van der Waals surface area contributed by atoms with Gasteiger partial charge in [0.1, 0.15) is 0 Å². The molecular weight excluding hydrogens is 266 g/mol. The summed E-state index contributed by atoms with van der Waals surface area (Å²) in [6.45, 7) is 8.26. The number of fused-ring (bicyclic) bond motifs is 1. The molecule has 1 aliphatic rings. The smallest absolute Gasteiger partial charge is 0.161 e. The summed E-state index contributed by atoms with van der Waals surface area (Å²) < 4.78 is 17.1. The molecule has 1 aromatic rings. The molecule has 1 aromatic carbocycles. The van der Waals surface area contributed by atoms with E-state index in [1.807, 2.05) is 6.07 Å². The standard InChI is InChI=1S/C17H27NO3/c1-3-9-19-12-8-15(18-4-2)14-6-7-16-17(13-14)21-11-5-10-20-16/h6-7,13,15,18H,3-5,8-12H2,1-2H3.